The fourth-order valence-electron chi connectivity index (χ4n) is 10.1. The van der Waals surface area contributed by atoms with E-state index in [9.17, 15) is 15.0 Å². The number of phenols is 1. The molecule has 6 N–H and O–H groups in total. The number of aliphatic imine (C=N–C) groups is 1. The fourth-order valence-corrected chi connectivity index (χ4v) is 12.1. The Balaban J connectivity index is 1.22. The Morgan fingerprint density at radius 3 is 2.65 bits per heavy atom. The number of fused-ring (bicyclic) bond motifs is 6. The van der Waals surface area contributed by atoms with E-state index in [2.05, 4.69) is 81.8 Å². The van der Waals surface area contributed by atoms with Crippen molar-refractivity contribution < 1.29 is 15.0 Å². The van der Waals surface area contributed by atoms with Crippen LogP contribution in [0.25, 0.3) is 9.75 Å². The van der Waals surface area contributed by atoms with Gasteiger partial charge in [0.1, 0.15) is 5.75 Å². The van der Waals surface area contributed by atoms with Crippen molar-refractivity contribution in [3.8, 4) is 39.2 Å². The van der Waals surface area contributed by atoms with E-state index in [4.69, 9.17) is 5.73 Å². The summed E-state index contributed by atoms with van der Waals surface area (Å²) in [7, 11) is 1.70. The van der Waals surface area contributed by atoms with Gasteiger partial charge in [-0.1, -0.05) is 42.0 Å². The lowest BCUT2D eigenvalue weighted by Gasteiger charge is -2.47. The summed E-state index contributed by atoms with van der Waals surface area (Å²) in [6.45, 7) is 4.01. The van der Waals surface area contributed by atoms with E-state index in [0.29, 0.717) is 31.3 Å². The number of anilines is 1. The summed E-state index contributed by atoms with van der Waals surface area (Å²) in [5, 5.41) is 29.7. The highest BCUT2D eigenvalue weighted by atomic mass is 32.1. The van der Waals surface area contributed by atoms with Crippen LogP contribution >= 0.6 is 22.7 Å². The molecule has 7 atom stereocenters. The number of benzene rings is 2. The molecule has 7 nitrogen and oxygen atoms in total. The summed E-state index contributed by atoms with van der Waals surface area (Å²) < 4.78 is 0. The van der Waals surface area contributed by atoms with Crippen molar-refractivity contribution in [1.82, 2.24) is 5.32 Å². The van der Waals surface area contributed by atoms with Crippen LogP contribution in [0, 0.1) is 52.8 Å². The van der Waals surface area contributed by atoms with Crippen LogP contribution < -0.4 is 16.4 Å². The van der Waals surface area contributed by atoms with E-state index in [0.717, 1.165) is 86.8 Å². The van der Waals surface area contributed by atoms with Crippen LogP contribution in [-0.4, -0.2) is 47.2 Å². The predicted molar refractivity (Wildman–Crippen MR) is 225 cm³/mol. The number of rotatable bonds is 4. The van der Waals surface area contributed by atoms with Gasteiger partial charge in [0, 0.05) is 53.7 Å². The molecule has 284 valence electrons. The molecule has 1 aliphatic heterocycles. The predicted octanol–water partition coefficient (Wildman–Crippen LogP) is 8.03. The van der Waals surface area contributed by atoms with Gasteiger partial charge in [0.05, 0.1) is 26.6 Å². The molecule has 8 rings (SSSR count). The van der Waals surface area contributed by atoms with E-state index in [1.54, 1.807) is 35.8 Å². The molecular formula is C46H50N4O3S2. The van der Waals surface area contributed by atoms with Gasteiger partial charge in [0.25, 0.3) is 0 Å². The van der Waals surface area contributed by atoms with Gasteiger partial charge in [-0.15, -0.1) is 28.6 Å². The monoisotopic (exact) mass is 770 g/mol. The summed E-state index contributed by atoms with van der Waals surface area (Å²) in [6, 6.07) is 20.4. The molecular weight excluding hydrogens is 721 g/mol. The summed E-state index contributed by atoms with van der Waals surface area (Å²) in [6.07, 6.45) is 7.42. The minimum absolute atomic E-state index is 0.0744. The molecule has 7 bridgehead atoms. The first-order valence-corrected chi connectivity index (χ1v) is 21.2. The first-order valence-electron chi connectivity index (χ1n) is 19.6. The van der Waals surface area contributed by atoms with Crippen molar-refractivity contribution in [2.24, 2.45) is 39.8 Å². The number of nitrogens with one attached hydrogen (secondary N) is 2. The summed E-state index contributed by atoms with van der Waals surface area (Å²) in [5.74, 6) is 14.9. The third-order valence-corrected chi connectivity index (χ3v) is 14.9. The van der Waals surface area contributed by atoms with Crippen molar-refractivity contribution in [2.75, 3.05) is 18.9 Å². The molecule has 3 aliphatic carbocycles. The molecule has 7 unspecified atom stereocenters. The van der Waals surface area contributed by atoms with Crippen LogP contribution in [0.15, 0.2) is 65.7 Å². The number of carbonyl (C=O) groups is 1. The zero-order valence-electron chi connectivity index (χ0n) is 31.9. The van der Waals surface area contributed by atoms with Crippen LogP contribution in [0.3, 0.4) is 0 Å². The first-order chi connectivity index (χ1) is 26.5. The summed E-state index contributed by atoms with van der Waals surface area (Å²) in [5.41, 5.74) is 10.0. The number of aliphatic hydroxyl groups is 1. The number of hydrogen-bond acceptors (Lipinski definition) is 7. The van der Waals surface area contributed by atoms with E-state index >= 15 is 0 Å². The minimum atomic E-state index is -1.03. The second-order valence-corrected chi connectivity index (χ2v) is 18.7. The molecule has 55 heavy (non-hydrogen) atoms. The molecule has 2 fully saturated rings. The zero-order chi connectivity index (χ0) is 38.3. The molecule has 9 heteroatoms. The average Bonchev–Trinajstić information content (AvgIpc) is 3.93. The molecule has 1 spiro atoms. The number of carbonyl (C=O) groups excluding carboxylic acids is 1. The Labute approximate surface area is 332 Å². The SMILES string of the molecule is CC#Cc1ccc(-c2ccc(C(=O)C3CCC4CC35CCC(C5)C3C#Cc5c(cc(O)cc5NCC(C)(O)Cc5cccc(c5)C3)CC4NC(N)=NC)s2)s1. The number of hydrogen-bond donors (Lipinski definition) is 5. The average molecular weight is 771 g/mol. The minimum Gasteiger partial charge on any atom is -0.508 e. The lowest BCUT2D eigenvalue weighted by molar-refractivity contribution is 0.0379. The highest BCUT2D eigenvalue weighted by Crippen LogP contribution is 2.59. The first kappa shape index (κ1) is 37.4. The zero-order valence-corrected chi connectivity index (χ0v) is 33.5. The van der Waals surface area contributed by atoms with Crippen molar-refractivity contribution >= 4 is 40.1 Å². The van der Waals surface area contributed by atoms with Crippen molar-refractivity contribution in [2.45, 2.75) is 83.3 Å². The fraction of sp³-hybridized carbons (Fsp3) is 0.435. The molecule has 4 aliphatic rings. The lowest BCUT2D eigenvalue weighted by Crippen LogP contribution is -2.50. The van der Waals surface area contributed by atoms with Gasteiger partial charge in [-0.3, -0.25) is 9.79 Å². The smallest absolute Gasteiger partial charge is 0.188 e. The normalized spacial score (nSPS) is 28.7. The van der Waals surface area contributed by atoms with Crippen molar-refractivity contribution in [1.29, 1.82) is 0 Å². The maximum Gasteiger partial charge on any atom is 0.188 e. The Hall–Kier alpha value is -4.54. The number of nitrogens with zero attached hydrogens (tertiary/aromatic N) is 1. The molecule has 0 saturated heterocycles. The van der Waals surface area contributed by atoms with E-state index in [-0.39, 0.29) is 40.7 Å². The largest absolute Gasteiger partial charge is 0.508 e. The van der Waals surface area contributed by atoms with Crippen LogP contribution in [0.2, 0.25) is 0 Å². The van der Waals surface area contributed by atoms with Crippen LogP contribution in [0.4, 0.5) is 5.69 Å². The molecule has 4 aromatic rings. The molecule has 3 heterocycles. The maximum absolute atomic E-state index is 14.8. The van der Waals surface area contributed by atoms with E-state index in [1.165, 1.54) is 5.56 Å². The number of nitrogens with two attached hydrogens (primary N) is 1. The highest BCUT2D eigenvalue weighted by Gasteiger charge is 2.53. The quantitative estimate of drug-likeness (QED) is 0.0621. The van der Waals surface area contributed by atoms with Crippen molar-refractivity contribution in [3.05, 3.63) is 92.7 Å². The Kier molecular flexibility index (Phi) is 10.3. The molecule has 2 saturated carbocycles. The standard InChI is InChI=1S/C46H50N4O3S2/c1-4-6-35-11-14-40(54-35)41-15-16-42(55-41)43(52)37-13-10-32-26-46(37)18-17-31(25-46)30-9-12-36-33(22-38(32)50-44(47)48-3)21-34(51)23-39(36)49-27-45(2,53)24-29-8-5-7-28(19-29)20-30/h5,7-8,11,14-16,19,21,23,30-32,37-38,49,51,53H,10,13,17-18,20,22,24-27H2,1-3H3,(H3,47,48,50). The van der Waals surface area contributed by atoms with Gasteiger partial charge >= 0.3 is 0 Å². The van der Waals surface area contributed by atoms with Crippen molar-refractivity contribution in [3.63, 3.8) is 0 Å². The number of guanidine groups is 1. The number of β-amino-alcohol motifs (C(OH)–C–C–N with tert-alkyl or cyclic N) is 1. The molecule has 2 aromatic heterocycles. The third kappa shape index (κ3) is 7.81. The van der Waals surface area contributed by atoms with Gasteiger partial charge in [-0.25, -0.2) is 0 Å². The highest BCUT2D eigenvalue weighted by molar-refractivity contribution is 7.23. The second-order valence-electron chi connectivity index (χ2n) is 16.5. The van der Waals surface area contributed by atoms with Crippen LogP contribution in [0.1, 0.15) is 89.2 Å². The second kappa shape index (κ2) is 15.2. The van der Waals surface area contributed by atoms with E-state index < -0.39 is 5.60 Å². The Bertz CT molecular complexity index is 2260. The van der Waals surface area contributed by atoms with Gasteiger partial charge < -0.3 is 26.6 Å². The molecule has 0 amide bonds. The van der Waals surface area contributed by atoms with Gasteiger partial charge in [-0.05, 0) is 129 Å². The molecule has 2 aromatic carbocycles. The van der Waals surface area contributed by atoms with E-state index in [1.807, 2.05) is 26.0 Å². The number of aromatic hydroxyl groups is 1. The number of phenolic OH excluding ortho intramolecular Hbond substituents is 1. The van der Waals surface area contributed by atoms with Gasteiger partial charge in [0.2, 0.25) is 0 Å². The van der Waals surface area contributed by atoms with Gasteiger partial charge in [-0.2, -0.15) is 0 Å². The summed E-state index contributed by atoms with van der Waals surface area (Å²) >= 11 is 3.29. The number of Topliss-reactive ketones (excluding diaryl/α,β-unsaturated/α-hetero) is 1. The van der Waals surface area contributed by atoms with Gasteiger partial charge in [0.15, 0.2) is 11.7 Å². The van der Waals surface area contributed by atoms with Crippen LogP contribution in [0.5, 0.6) is 5.75 Å². The van der Waals surface area contributed by atoms with Crippen LogP contribution in [-0.2, 0) is 19.3 Å². The number of thiophene rings is 2. The molecule has 0 radical (unpaired) electrons. The third-order valence-electron chi connectivity index (χ3n) is 12.6. The topological polar surface area (TPSA) is 120 Å². The Morgan fingerprint density at radius 1 is 1.02 bits per heavy atom. The summed E-state index contributed by atoms with van der Waals surface area (Å²) in [4.78, 5) is 23.3. The lowest BCUT2D eigenvalue weighted by atomic mass is 9.58. The maximum atomic E-state index is 14.8. The Morgan fingerprint density at radius 2 is 1.82 bits per heavy atom. The number of ketones is 1.